The molecule has 0 saturated carbocycles. The lowest BCUT2D eigenvalue weighted by atomic mass is 10.2. The van der Waals surface area contributed by atoms with Crippen LogP contribution in [-0.2, 0) is 9.53 Å². The summed E-state index contributed by atoms with van der Waals surface area (Å²) in [5.41, 5.74) is 0.960. The fraction of sp³-hybridized carbons (Fsp3) is 0.417. The number of benzene rings is 1. The van der Waals surface area contributed by atoms with E-state index in [1.807, 2.05) is 0 Å². The number of nitrogens with zero attached hydrogens (tertiary/aromatic N) is 1. The Labute approximate surface area is 111 Å². The molecule has 0 fully saturated rings. The first-order valence-electron chi connectivity index (χ1n) is 5.79. The summed E-state index contributed by atoms with van der Waals surface area (Å²) in [7, 11) is 1.58. The zero-order valence-corrected chi connectivity index (χ0v) is 10.9. The van der Waals surface area contributed by atoms with Crippen LogP contribution in [0.4, 0.5) is 11.4 Å². The smallest absolute Gasteiger partial charge is 0.274 e. The Morgan fingerprint density at radius 1 is 1.47 bits per heavy atom. The lowest BCUT2D eigenvalue weighted by molar-refractivity contribution is -0.385. The highest BCUT2D eigenvalue weighted by atomic mass is 16.6. The summed E-state index contributed by atoms with van der Waals surface area (Å²) in [4.78, 5) is 21.9. The molecule has 0 saturated heterocycles. The molecule has 0 aliphatic heterocycles. The van der Waals surface area contributed by atoms with E-state index in [4.69, 9.17) is 4.74 Å². The number of carbonyl (C=O) groups excluding carboxylic acids is 1. The third-order valence-electron chi connectivity index (χ3n) is 2.46. The number of aryl methyl sites for hydroxylation is 1. The number of hydrogen-bond donors (Lipinski definition) is 2. The van der Waals surface area contributed by atoms with E-state index in [0.717, 1.165) is 0 Å². The van der Waals surface area contributed by atoms with E-state index in [9.17, 15) is 14.9 Å². The molecule has 0 atom stereocenters. The second-order valence-corrected chi connectivity index (χ2v) is 3.98. The lowest BCUT2D eigenvalue weighted by Gasteiger charge is -2.07. The highest BCUT2D eigenvalue weighted by Crippen LogP contribution is 2.22. The highest BCUT2D eigenvalue weighted by Gasteiger charge is 2.12. The zero-order valence-electron chi connectivity index (χ0n) is 10.9. The first kappa shape index (κ1) is 15.1. The Hall–Kier alpha value is -1.99. The van der Waals surface area contributed by atoms with Crippen molar-refractivity contribution in [2.24, 2.45) is 0 Å². The number of nitro benzene ring substituents is 1. The summed E-state index contributed by atoms with van der Waals surface area (Å²) < 4.78 is 4.83. The molecule has 1 aromatic carbocycles. The molecule has 7 nitrogen and oxygen atoms in total. The van der Waals surface area contributed by atoms with Gasteiger partial charge < -0.3 is 15.4 Å². The Morgan fingerprint density at radius 3 is 2.84 bits per heavy atom. The van der Waals surface area contributed by atoms with E-state index in [1.54, 1.807) is 26.2 Å². The summed E-state index contributed by atoms with van der Waals surface area (Å²) in [6.07, 6.45) is 0. The standard InChI is InChI=1S/C12H17N3O4/c1-9-3-4-10(7-11(9)15(17)18)14-12(16)8-13-5-6-19-2/h3-4,7,13H,5-6,8H2,1-2H3,(H,14,16). The average Bonchev–Trinajstić information content (AvgIpc) is 2.36. The molecule has 104 valence electrons. The van der Waals surface area contributed by atoms with Gasteiger partial charge in [0.25, 0.3) is 5.69 Å². The molecule has 0 aliphatic rings. The van der Waals surface area contributed by atoms with Gasteiger partial charge in [-0.15, -0.1) is 0 Å². The number of ether oxygens (including phenoxy) is 1. The SMILES string of the molecule is COCCNCC(=O)Nc1ccc(C)c([N+](=O)[O-])c1. The van der Waals surface area contributed by atoms with Crippen LogP contribution in [0.15, 0.2) is 18.2 Å². The molecule has 0 spiro atoms. The largest absolute Gasteiger partial charge is 0.383 e. The molecular weight excluding hydrogens is 250 g/mol. The number of carbonyl (C=O) groups is 1. The molecule has 19 heavy (non-hydrogen) atoms. The predicted octanol–water partition coefficient (Wildman–Crippen LogP) is 1.08. The topological polar surface area (TPSA) is 93.5 Å². The van der Waals surface area contributed by atoms with Crippen molar-refractivity contribution in [1.82, 2.24) is 5.32 Å². The van der Waals surface area contributed by atoms with Gasteiger partial charge in [-0.3, -0.25) is 14.9 Å². The van der Waals surface area contributed by atoms with Crippen molar-refractivity contribution in [3.63, 3.8) is 0 Å². The molecule has 1 aromatic rings. The van der Waals surface area contributed by atoms with Gasteiger partial charge >= 0.3 is 0 Å². The van der Waals surface area contributed by atoms with Crippen molar-refractivity contribution in [1.29, 1.82) is 0 Å². The quantitative estimate of drug-likeness (QED) is 0.438. The van der Waals surface area contributed by atoms with E-state index in [-0.39, 0.29) is 18.1 Å². The first-order valence-corrected chi connectivity index (χ1v) is 5.79. The molecule has 1 amide bonds. The maximum absolute atomic E-state index is 11.6. The number of methoxy groups -OCH3 is 1. The van der Waals surface area contributed by atoms with Crippen LogP contribution in [0.25, 0.3) is 0 Å². The molecular formula is C12H17N3O4. The van der Waals surface area contributed by atoms with Gasteiger partial charge in [-0.05, 0) is 13.0 Å². The Bertz CT molecular complexity index is 462. The third kappa shape index (κ3) is 5.02. The number of rotatable bonds is 7. The maximum atomic E-state index is 11.6. The van der Waals surface area contributed by atoms with Crippen molar-refractivity contribution in [3.05, 3.63) is 33.9 Å². The van der Waals surface area contributed by atoms with Crippen LogP contribution in [0.1, 0.15) is 5.56 Å². The van der Waals surface area contributed by atoms with Crippen molar-refractivity contribution in [2.45, 2.75) is 6.92 Å². The van der Waals surface area contributed by atoms with Crippen molar-refractivity contribution in [3.8, 4) is 0 Å². The molecule has 0 aliphatic carbocycles. The number of amides is 1. The zero-order chi connectivity index (χ0) is 14.3. The van der Waals surface area contributed by atoms with Crippen molar-refractivity contribution < 1.29 is 14.5 Å². The van der Waals surface area contributed by atoms with Crippen LogP contribution >= 0.6 is 0 Å². The minimum atomic E-state index is -0.470. The minimum absolute atomic E-state index is 0.00913. The average molecular weight is 267 g/mol. The maximum Gasteiger partial charge on any atom is 0.274 e. The summed E-state index contributed by atoms with van der Waals surface area (Å²) in [5.74, 6) is -0.255. The fourth-order valence-corrected chi connectivity index (χ4v) is 1.47. The second-order valence-electron chi connectivity index (χ2n) is 3.98. The van der Waals surface area contributed by atoms with E-state index in [2.05, 4.69) is 10.6 Å². The molecule has 7 heteroatoms. The van der Waals surface area contributed by atoms with E-state index < -0.39 is 4.92 Å². The fourth-order valence-electron chi connectivity index (χ4n) is 1.47. The molecule has 0 bridgehead atoms. The predicted molar refractivity (Wildman–Crippen MR) is 71.2 cm³/mol. The van der Waals surface area contributed by atoms with Crippen LogP contribution in [-0.4, -0.2) is 37.6 Å². The van der Waals surface area contributed by atoms with Crippen LogP contribution in [0.3, 0.4) is 0 Å². The van der Waals surface area contributed by atoms with Gasteiger partial charge in [0, 0.05) is 31.0 Å². The first-order chi connectivity index (χ1) is 9.04. The minimum Gasteiger partial charge on any atom is -0.383 e. The number of hydrogen-bond acceptors (Lipinski definition) is 5. The summed E-state index contributed by atoms with van der Waals surface area (Å²) in [6, 6.07) is 4.59. The molecule has 0 radical (unpaired) electrons. The van der Waals surface area contributed by atoms with Gasteiger partial charge in [-0.25, -0.2) is 0 Å². The van der Waals surface area contributed by atoms with Crippen molar-refractivity contribution >= 4 is 17.3 Å². The molecule has 0 aromatic heterocycles. The van der Waals surface area contributed by atoms with Gasteiger partial charge in [-0.2, -0.15) is 0 Å². The summed E-state index contributed by atoms with van der Waals surface area (Å²) in [6.45, 7) is 2.86. The number of anilines is 1. The van der Waals surface area contributed by atoms with Gasteiger partial charge in [-0.1, -0.05) is 6.07 Å². The Balaban J connectivity index is 2.55. The van der Waals surface area contributed by atoms with Gasteiger partial charge in [0.1, 0.15) is 0 Å². The molecule has 0 unspecified atom stereocenters. The molecule has 0 heterocycles. The van der Waals surface area contributed by atoms with Crippen LogP contribution in [0.2, 0.25) is 0 Å². The number of nitro groups is 1. The Kier molecular flexibility index (Phi) is 5.91. The monoisotopic (exact) mass is 267 g/mol. The highest BCUT2D eigenvalue weighted by molar-refractivity contribution is 5.92. The van der Waals surface area contributed by atoms with Gasteiger partial charge in [0.05, 0.1) is 18.1 Å². The number of nitrogens with one attached hydrogen (secondary N) is 2. The van der Waals surface area contributed by atoms with Gasteiger partial charge in [0.2, 0.25) is 5.91 Å². The summed E-state index contributed by atoms with van der Waals surface area (Å²) >= 11 is 0. The third-order valence-corrected chi connectivity index (χ3v) is 2.46. The lowest BCUT2D eigenvalue weighted by Crippen LogP contribution is -2.30. The normalized spacial score (nSPS) is 10.2. The van der Waals surface area contributed by atoms with E-state index in [1.165, 1.54) is 6.07 Å². The van der Waals surface area contributed by atoms with Crippen LogP contribution < -0.4 is 10.6 Å². The molecule has 2 N–H and O–H groups in total. The van der Waals surface area contributed by atoms with Crippen LogP contribution in [0.5, 0.6) is 0 Å². The van der Waals surface area contributed by atoms with Crippen molar-refractivity contribution in [2.75, 3.05) is 32.1 Å². The second kappa shape index (κ2) is 7.45. The van der Waals surface area contributed by atoms with E-state index >= 15 is 0 Å². The van der Waals surface area contributed by atoms with Crippen LogP contribution in [0, 0.1) is 17.0 Å². The Morgan fingerprint density at radius 2 is 2.21 bits per heavy atom. The van der Waals surface area contributed by atoms with Gasteiger partial charge in [0.15, 0.2) is 0 Å². The van der Waals surface area contributed by atoms with E-state index in [0.29, 0.717) is 24.4 Å². The molecule has 1 rings (SSSR count). The summed E-state index contributed by atoms with van der Waals surface area (Å²) in [5, 5.41) is 16.2.